The molecule has 21 heavy (non-hydrogen) atoms. The minimum absolute atomic E-state index is 0.172. The maximum Gasteiger partial charge on any atom is 0.240 e. The van der Waals surface area contributed by atoms with Crippen LogP contribution in [0, 0.1) is 12.2 Å². The predicted octanol–water partition coefficient (Wildman–Crippen LogP) is 0.410. The van der Waals surface area contributed by atoms with Crippen molar-refractivity contribution in [3.63, 3.8) is 0 Å². The first-order valence-electron chi connectivity index (χ1n) is 6.83. The van der Waals surface area contributed by atoms with Crippen LogP contribution in [0.25, 0.3) is 0 Å². The van der Waals surface area contributed by atoms with Crippen LogP contribution in [0.15, 0.2) is 24.3 Å². The van der Waals surface area contributed by atoms with E-state index < -0.39 is 18.1 Å². The second-order valence-electron chi connectivity index (χ2n) is 5.16. The molecule has 0 aliphatic carbocycles. The monoisotopic (exact) mass is 293 g/mol. The van der Waals surface area contributed by atoms with Crippen LogP contribution < -0.4 is 5.73 Å². The number of hydrogen-bond acceptors (Lipinski definition) is 3. The quantitative estimate of drug-likeness (QED) is 0.843. The lowest BCUT2D eigenvalue weighted by Gasteiger charge is -2.36. The molecule has 0 aromatic heterocycles. The zero-order chi connectivity index (χ0) is 15.4. The maximum absolute atomic E-state index is 12.8. The number of primary amides is 1. The Morgan fingerprint density at radius 2 is 2.05 bits per heavy atom. The molecule has 1 aromatic rings. The molecule has 0 spiro atoms. The number of aliphatic hydroxyl groups is 1. The summed E-state index contributed by atoms with van der Waals surface area (Å²) in [5, 5.41) is 9.57. The van der Waals surface area contributed by atoms with Gasteiger partial charge in [-0.3, -0.25) is 9.59 Å². The van der Waals surface area contributed by atoms with Gasteiger partial charge in [-0.1, -0.05) is 12.1 Å². The number of hydrogen-bond donors (Lipinski definition) is 2. The fraction of sp³-hybridized carbons (Fsp3) is 0.400. The summed E-state index contributed by atoms with van der Waals surface area (Å²) in [5.74, 6) is -1.24. The van der Waals surface area contributed by atoms with Crippen LogP contribution in [0.1, 0.15) is 18.4 Å². The topological polar surface area (TPSA) is 83.6 Å². The fourth-order valence-corrected chi connectivity index (χ4v) is 2.42. The van der Waals surface area contributed by atoms with Gasteiger partial charge >= 0.3 is 0 Å². The van der Waals surface area contributed by atoms with E-state index in [0.717, 1.165) is 5.56 Å². The van der Waals surface area contributed by atoms with E-state index in [1.807, 2.05) is 0 Å². The largest absolute Gasteiger partial charge is 0.393 e. The third-order valence-corrected chi connectivity index (χ3v) is 3.61. The zero-order valence-corrected chi connectivity index (χ0v) is 11.5. The number of halogens is 1. The van der Waals surface area contributed by atoms with E-state index in [4.69, 9.17) is 5.73 Å². The molecule has 1 aliphatic heterocycles. The van der Waals surface area contributed by atoms with E-state index in [1.165, 1.54) is 23.5 Å². The lowest BCUT2D eigenvalue weighted by Crippen LogP contribution is -2.53. The van der Waals surface area contributed by atoms with Gasteiger partial charge in [0, 0.05) is 13.0 Å². The molecule has 1 heterocycles. The summed E-state index contributed by atoms with van der Waals surface area (Å²) in [5.41, 5.74) is 6.09. The van der Waals surface area contributed by atoms with Gasteiger partial charge in [-0.25, -0.2) is 4.39 Å². The molecule has 1 saturated heterocycles. The van der Waals surface area contributed by atoms with E-state index in [2.05, 4.69) is 0 Å². The summed E-state index contributed by atoms with van der Waals surface area (Å²) >= 11 is 0. The Morgan fingerprint density at radius 3 is 2.67 bits per heavy atom. The Kier molecular flexibility index (Phi) is 4.90. The van der Waals surface area contributed by atoms with Gasteiger partial charge in [0.15, 0.2) is 0 Å². The van der Waals surface area contributed by atoms with Crippen LogP contribution in [0.5, 0.6) is 0 Å². The number of piperidine rings is 1. The average Bonchev–Trinajstić information content (AvgIpc) is 2.46. The highest BCUT2D eigenvalue weighted by Crippen LogP contribution is 2.19. The number of carbonyl (C=O) groups excluding carboxylic acids is 2. The van der Waals surface area contributed by atoms with Crippen molar-refractivity contribution in [3.8, 4) is 0 Å². The lowest BCUT2D eigenvalue weighted by atomic mass is 9.98. The van der Waals surface area contributed by atoms with Crippen molar-refractivity contribution in [3.05, 3.63) is 42.1 Å². The van der Waals surface area contributed by atoms with Gasteiger partial charge in [0.1, 0.15) is 11.9 Å². The van der Waals surface area contributed by atoms with Gasteiger partial charge in [-0.2, -0.15) is 0 Å². The van der Waals surface area contributed by atoms with Crippen molar-refractivity contribution >= 4 is 11.8 Å². The maximum atomic E-state index is 12.8. The highest BCUT2D eigenvalue weighted by molar-refractivity contribution is 5.91. The minimum atomic E-state index is -0.772. The van der Waals surface area contributed by atoms with Gasteiger partial charge in [-0.05, 0) is 30.5 Å². The van der Waals surface area contributed by atoms with Crippen LogP contribution in [-0.2, 0) is 16.0 Å². The number of likely N-dealkylation sites (tertiary alicyclic amines) is 1. The molecular weight excluding hydrogens is 275 g/mol. The Bertz CT molecular complexity index is 518. The Morgan fingerprint density at radius 1 is 1.38 bits per heavy atom. The Labute approximate surface area is 122 Å². The molecule has 1 aromatic carbocycles. The van der Waals surface area contributed by atoms with Gasteiger partial charge in [0.05, 0.1) is 12.5 Å². The van der Waals surface area contributed by atoms with Crippen LogP contribution in [-0.4, -0.2) is 40.5 Å². The molecule has 1 aliphatic rings. The molecule has 2 amide bonds. The van der Waals surface area contributed by atoms with Crippen molar-refractivity contribution in [2.45, 2.75) is 31.4 Å². The van der Waals surface area contributed by atoms with Crippen molar-refractivity contribution in [2.24, 2.45) is 5.73 Å². The molecule has 0 bridgehead atoms. The van der Waals surface area contributed by atoms with Gasteiger partial charge in [0.25, 0.3) is 0 Å². The van der Waals surface area contributed by atoms with Crippen LogP contribution >= 0.6 is 0 Å². The first-order valence-corrected chi connectivity index (χ1v) is 6.83. The molecule has 113 valence electrons. The minimum Gasteiger partial charge on any atom is -0.393 e. The van der Waals surface area contributed by atoms with Crippen molar-refractivity contribution < 1.29 is 19.1 Å². The second kappa shape index (κ2) is 6.67. The molecule has 1 radical (unpaired) electrons. The second-order valence-corrected chi connectivity index (χ2v) is 5.16. The van der Waals surface area contributed by atoms with Crippen LogP contribution in [0.3, 0.4) is 0 Å². The molecular formula is C15H18FN2O3. The third kappa shape index (κ3) is 4.01. The van der Waals surface area contributed by atoms with E-state index in [-0.39, 0.29) is 18.1 Å². The summed E-state index contributed by atoms with van der Waals surface area (Å²) in [6, 6.07) is 5.09. The number of aliphatic hydroxyl groups excluding tert-OH is 1. The third-order valence-electron chi connectivity index (χ3n) is 3.61. The highest BCUT2D eigenvalue weighted by Gasteiger charge is 2.34. The molecule has 5 nitrogen and oxygen atoms in total. The van der Waals surface area contributed by atoms with Gasteiger partial charge < -0.3 is 15.7 Å². The molecule has 3 N–H and O–H groups in total. The first-order chi connectivity index (χ1) is 9.97. The summed E-state index contributed by atoms with van der Waals surface area (Å²) in [6.45, 7) is 0.299. The molecule has 1 fully saturated rings. The van der Waals surface area contributed by atoms with Crippen LogP contribution in [0.4, 0.5) is 4.39 Å². The standard InChI is InChI=1S/C15H18FN2O3/c16-11-4-1-10(2-5-11)3-6-14(20)18-8-7-12(19)9-13(18)15(17)21/h1-2,4-6,12-13,19H,3,7-9H2,(H2,17,21). The number of rotatable bonds is 4. The van der Waals surface area contributed by atoms with E-state index >= 15 is 0 Å². The number of carbonyl (C=O) groups is 2. The highest BCUT2D eigenvalue weighted by atomic mass is 19.1. The number of nitrogens with zero attached hydrogens (tertiary/aromatic N) is 1. The summed E-state index contributed by atoms with van der Waals surface area (Å²) < 4.78 is 12.8. The smallest absolute Gasteiger partial charge is 0.240 e. The van der Waals surface area contributed by atoms with E-state index in [9.17, 15) is 19.1 Å². The normalized spacial score (nSPS) is 22.1. The van der Waals surface area contributed by atoms with E-state index in [0.29, 0.717) is 19.4 Å². The molecule has 6 heteroatoms. The molecule has 2 unspecified atom stereocenters. The predicted molar refractivity (Wildman–Crippen MR) is 74.3 cm³/mol. The Hall–Kier alpha value is -1.95. The van der Waals surface area contributed by atoms with Crippen molar-refractivity contribution in [1.29, 1.82) is 0 Å². The SMILES string of the molecule is NC(=O)C1CC(O)CCN1C(=O)[CH]Cc1ccc(F)cc1. The van der Waals surface area contributed by atoms with E-state index in [1.54, 1.807) is 12.1 Å². The fourth-order valence-electron chi connectivity index (χ4n) is 2.42. The van der Waals surface area contributed by atoms with Crippen LogP contribution in [0.2, 0.25) is 0 Å². The molecule has 2 rings (SSSR count). The summed E-state index contributed by atoms with van der Waals surface area (Å²) in [7, 11) is 0. The average molecular weight is 293 g/mol. The Balaban J connectivity index is 1.95. The molecule has 0 saturated carbocycles. The van der Waals surface area contributed by atoms with Gasteiger partial charge in [0.2, 0.25) is 11.8 Å². The summed E-state index contributed by atoms with van der Waals surface area (Å²) in [4.78, 5) is 24.9. The van der Waals surface area contributed by atoms with Gasteiger partial charge in [-0.15, -0.1) is 0 Å². The first kappa shape index (κ1) is 15.4. The number of nitrogens with two attached hydrogens (primary N) is 1. The van der Waals surface area contributed by atoms with Crippen molar-refractivity contribution in [1.82, 2.24) is 4.90 Å². The summed E-state index contributed by atoms with van der Waals surface area (Å²) in [6.07, 6.45) is 1.79. The molecule has 2 atom stereocenters. The number of amides is 2. The van der Waals surface area contributed by atoms with Crippen molar-refractivity contribution in [2.75, 3.05) is 6.54 Å². The lowest BCUT2D eigenvalue weighted by molar-refractivity contribution is -0.140. The number of benzene rings is 1. The zero-order valence-electron chi connectivity index (χ0n) is 11.5.